The molecular formula is C19H22N6O. The predicted octanol–water partition coefficient (Wildman–Crippen LogP) is 2.43. The Bertz CT molecular complexity index is 904. The van der Waals surface area contributed by atoms with E-state index in [-0.39, 0.29) is 5.91 Å². The minimum absolute atomic E-state index is 0.0691. The standard InChI is InChI=1S/C19H22N6O/c1-13-5-6-16(14(2)11-13)19(26)21-9-8-20-17-12-18(24-15(3)23-17)25-10-4-7-22-25/h4-7,10-12H,8-9H2,1-3H3,(H,21,26)(H,20,23,24). The number of nitrogens with one attached hydrogen (secondary N) is 2. The lowest BCUT2D eigenvalue weighted by molar-refractivity contribution is 0.0954. The molecule has 3 rings (SSSR count). The lowest BCUT2D eigenvalue weighted by atomic mass is 10.1. The third kappa shape index (κ3) is 4.24. The van der Waals surface area contributed by atoms with Crippen LogP contribution in [0.25, 0.3) is 5.82 Å². The van der Waals surface area contributed by atoms with E-state index >= 15 is 0 Å². The Kier molecular flexibility index (Phi) is 5.26. The van der Waals surface area contributed by atoms with Gasteiger partial charge in [-0.2, -0.15) is 5.10 Å². The van der Waals surface area contributed by atoms with Crippen LogP contribution >= 0.6 is 0 Å². The number of aromatic nitrogens is 4. The van der Waals surface area contributed by atoms with Gasteiger partial charge >= 0.3 is 0 Å². The third-order valence-corrected chi connectivity index (χ3v) is 3.91. The van der Waals surface area contributed by atoms with E-state index in [2.05, 4.69) is 25.7 Å². The first kappa shape index (κ1) is 17.6. The summed E-state index contributed by atoms with van der Waals surface area (Å²) in [5.41, 5.74) is 2.83. The number of amides is 1. The highest BCUT2D eigenvalue weighted by Crippen LogP contribution is 2.11. The summed E-state index contributed by atoms with van der Waals surface area (Å²) in [5, 5.41) is 10.3. The van der Waals surface area contributed by atoms with Crippen LogP contribution in [0.4, 0.5) is 5.82 Å². The van der Waals surface area contributed by atoms with Crippen molar-refractivity contribution < 1.29 is 4.79 Å². The molecule has 3 aromatic rings. The van der Waals surface area contributed by atoms with Gasteiger partial charge in [0.25, 0.3) is 5.91 Å². The highest BCUT2D eigenvalue weighted by atomic mass is 16.1. The maximum absolute atomic E-state index is 12.3. The number of nitrogens with zero attached hydrogens (tertiary/aromatic N) is 4. The molecular weight excluding hydrogens is 328 g/mol. The maximum Gasteiger partial charge on any atom is 0.251 e. The molecule has 0 bridgehead atoms. The first-order valence-corrected chi connectivity index (χ1v) is 8.48. The second-order valence-corrected chi connectivity index (χ2v) is 6.11. The van der Waals surface area contributed by atoms with Gasteiger partial charge in [0.15, 0.2) is 5.82 Å². The largest absolute Gasteiger partial charge is 0.368 e. The molecule has 1 amide bonds. The monoisotopic (exact) mass is 350 g/mol. The molecule has 2 N–H and O–H groups in total. The highest BCUT2D eigenvalue weighted by molar-refractivity contribution is 5.95. The third-order valence-electron chi connectivity index (χ3n) is 3.91. The summed E-state index contributed by atoms with van der Waals surface area (Å²) in [4.78, 5) is 21.0. The summed E-state index contributed by atoms with van der Waals surface area (Å²) in [7, 11) is 0. The SMILES string of the molecule is Cc1ccc(C(=O)NCCNc2cc(-n3cccn3)nc(C)n2)c(C)c1. The Morgan fingerprint density at radius 1 is 1.12 bits per heavy atom. The number of hydrogen-bond acceptors (Lipinski definition) is 5. The zero-order valence-electron chi connectivity index (χ0n) is 15.2. The van der Waals surface area contributed by atoms with E-state index < -0.39 is 0 Å². The molecule has 0 aliphatic heterocycles. The van der Waals surface area contributed by atoms with Crippen LogP contribution in [0.2, 0.25) is 0 Å². The summed E-state index contributed by atoms with van der Waals surface area (Å²) in [6.45, 7) is 6.85. The number of aryl methyl sites for hydroxylation is 3. The summed E-state index contributed by atoms with van der Waals surface area (Å²) in [5.74, 6) is 1.98. The fraction of sp³-hybridized carbons (Fsp3) is 0.263. The number of rotatable bonds is 6. The molecule has 26 heavy (non-hydrogen) atoms. The number of carbonyl (C=O) groups is 1. The van der Waals surface area contributed by atoms with Crippen molar-refractivity contribution in [3.05, 3.63) is 65.2 Å². The molecule has 0 spiro atoms. The van der Waals surface area contributed by atoms with Crippen molar-refractivity contribution in [2.75, 3.05) is 18.4 Å². The van der Waals surface area contributed by atoms with Gasteiger partial charge in [-0.3, -0.25) is 4.79 Å². The van der Waals surface area contributed by atoms with Gasteiger partial charge in [0.05, 0.1) is 0 Å². The fourth-order valence-electron chi connectivity index (χ4n) is 2.69. The van der Waals surface area contributed by atoms with E-state index in [1.165, 1.54) is 0 Å². The van der Waals surface area contributed by atoms with E-state index in [9.17, 15) is 4.79 Å². The predicted molar refractivity (Wildman–Crippen MR) is 101 cm³/mol. The molecule has 2 heterocycles. The molecule has 7 heteroatoms. The van der Waals surface area contributed by atoms with Crippen LogP contribution in [-0.2, 0) is 0 Å². The average molecular weight is 350 g/mol. The first-order valence-electron chi connectivity index (χ1n) is 8.48. The minimum atomic E-state index is -0.0691. The molecule has 7 nitrogen and oxygen atoms in total. The Labute approximate surface area is 152 Å². The van der Waals surface area contributed by atoms with Gasteiger partial charge in [-0.1, -0.05) is 17.7 Å². The van der Waals surface area contributed by atoms with Crippen LogP contribution in [0.15, 0.2) is 42.7 Å². The summed E-state index contributed by atoms with van der Waals surface area (Å²) in [6.07, 6.45) is 3.53. The van der Waals surface area contributed by atoms with Crippen molar-refractivity contribution in [2.24, 2.45) is 0 Å². The van der Waals surface area contributed by atoms with Crippen molar-refractivity contribution in [1.82, 2.24) is 25.1 Å². The van der Waals surface area contributed by atoms with Crippen LogP contribution in [0.3, 0.4) is 0 Å². The molecule has 0 aliphatic carbocycles. The van der Waals surface area contributed by atoms with Crippen LogP contribution in [-0.4, -0.2) is 38.7 Å². The molecule has 0 saturated carbocycles. The van der Waals surface area contributed by atoms with Crippen LogP contribution < -0.4 is 10.6 Å². The smallest absolute Gasteiger partial charge is 0.251 e. The van der Waals surface area contributed by atoms with Crippen molar-refractivity contribution in [1.29, 1.82) is 0 Å². The van der Waals surface area contributed by atoms with Crippen LogP contribution in [0.5, 0.6) is 0 Å². The molecule has 1 aromatic carbocycles. The molecule has 0 atom stereocenters. The normalized spacial score (nSPS) is 10.6. The van der Waals surface area contributed by atoms with Gasteiger partial charge in [0, 0.05) is 37.1 Å². The number of anilines is 1. The number of benzene rings is 1. The summed E-state index contributed by atoms with van der Waals surface area (Å²) >= 11 is 0. The van der Waals surface area contributed by atoms with Crippen molar-refractivity contribution in [3.63, 3.8) is 0 Å². The van der Waals surface area contributed by atoms with Crippen LogP contribution in [0.1, 0.15) is 27.3 Å². The topological polar surface area (TPSA) is 84.7 Å². The van der Waals surface area contributed by atoms with Crippen molar-refractivity contribution in [2.45, 2.75) is 20.8 Å². The quantitative estimate of drug-likeness (QED) is 0.667. The van der Waals surface area contributed by atoms with E-state index in [4.69, 9.17) is 0 Å². The zero-order chi connectivity index (χ0) is 18.5. The Hall–Kier alpha value is -3.22. The molecule has 2 aromatic heterocycles. The summed E-state index contributed by atoms with van der Waals surface area (Å²) < 4.78 is 1.68. The first-order chi connectivity index (χ1) is 12.5. The molecule has 0 fully saturated rings. The van der Waals surface area contributed by atoms with E-state index in [1.807, 2.05) is 57.3 Å². The van der Waals surface area contributed by atoms with Gasteiger partial charge in [-0.05, 0) is 38.5 Å². The van der Waals surface area contributed by atoms with E-state index in [1.54, 1.807) is 10.9 Å². The Morgan fingerprint density at radius 2 is 1.96 bits per heavy atom. The number of hydrogen-bond donors (Lipinski definition) is 2. The van der Waals surface area contributed by atoms with Gasteiger partial charge < -0.3 is 10.6 Å². The lowest BCUT2D eigenvalue weighted by Gasteiger charge is -2.11. The van der Waals surface area contributed by atoms with Crippen LogP contribution in [0, 0.1) is 20.8 Å². The van der Waals surface area contributed by atoms with Gasteiger partial charge in [-0.15, -0.1) is 0 Å². The van der Waals surface area contributed by atoms with E-state index in [0.717, 1.165) is 11.1 Å². The molecule has 0 saturated heterocycles. The Balaban J connectivity index is 1.56. The van der Waals surface area contributed by atoms with Gasteiger partial charge in [0.1, 0.15) is 11.6 Å². The van der Waals surface area contributed by atoms with E-state index in [0.29, 0.717) is 36.1 Å². The molecule has 0 unspecified atom stereocenters. The maximum atomic E-state index is 12.3. The number of carbonyl (C=O) groups excluding carboxylic acids is 1. The van der Waals surface area contributed by atoms with Crippen molar-refractivity contribution in [3.8, 4) is 5.82 Å². The second kappa shape index (κ2) is 7.77. The lowest BCUT2D eigenvalue weighted by Crippen LogP contribution is -2.29. The van der Waals surface area contributed by atoms with Gasteiger partial charge in [-0.25, -0.2) is 14.6 Å². The molecule has 0 radical (unpaired) electrons. The summed E-state index contributed by atoms with van der Waals surface area (Å²) in [6, 6.07) is 9.48. The van der Waals surface area contributed by atoms with Gasteiger partial charge in [0.2, 0.25) is 0 Å². The molecule has 0 aliphatic rings. The Morgan fingerprint density at radius 3 is 2.69 bits per heavy atom. The highest BCUT2D eigenvalue weighted by Gasteiger charge is 2.08. The molecule has 134 valence electrons. The average Bonchev–Trinajstić information content (AvgIpc) is 3.13. The fourth-order valence-corrected chi connectivity index (χ4v) is 2.69. The minimum Gasteiger partial charge on any atom is -0.368 e. The second-order valence-electron chi connectivity index (χ2n) is 6.11. The zero-order valence-corrected chi connectivity index (χ0v) is 15.2. The van der Waals surface area contributed by atoms with Crippen molar-refractivity contribution >= 4 is 11.7 Å².